The smallest absolute Gasteiger partial charge is 0.329 e. The summed E-state index contributed by atoms with van der Waals surface area (Å²) in [7, 11) is 0. The van der Waals surface area contributed by atoms with Gasteiger partial charge in [0.05, 0.1) is 12.3 Å². The molecule has 0 spiro atoms. The number of ether oxygens (including phenoxy) is 1. The van der Waals surface area contributed by atoms with Crippen molar-refractivity contribution >= 4 is 29.5 Å². The number of carboxylic acid groups (broad SMARTS) is 1. The third-order valence-electron chi connectivity index (χ3n) is 7.32. The summed E-state index contributed by atoms with van der Waals surface area (Å²) >= 11 is 0. The minimum absolute atomic E-state index is 0.116. The van der Waals surface area contributed by atoms with Gasteiger partial charge >= 0.3 is 11.9 Å². The average molecular weight is 535 g/mol. The molecule has 9 heteroatoms. The molecule has 1 saturated heterocycles. The molecule has 0 radical (unpaired) electrons. The maximum Gasteiger partial charge on any atom is 0.329 e. The largest absolute Gasteiger partial charge is 0.478 e. The second-order valence-corrected chi connectivity index (χ2v) is 11.0. The minimum atomic E-state index is -0.989. The molecule has 1 aliphatic rings. The lowest BCUT2D eigenvalue weighted by Crippen LogP contribution is -2.57. The van der Waals surface area contributed by atoms with Gasteiger partial charge in [-0.15, -0.1) is 0 Å². The van der Waals surface area contributed by atoms with Crippen LogP contribution in [0.15, 0.2) is 23.3 Å². The van der Waals surface area contributed by atoms with Gasteiger partial charge in [-0.3, -0.25) is 14.4 Å². The zero-order chi connectivity index (χ0) is 29.2. The molecule has 0 saturated carbocycles. The number of aliphatic carboxylic acids is 1. The second-order valence-electron chi connectivity index (χ2n) is 11.0. The molecule has 7 atom stereocenters. The summed E-state index contributed by atoms with van der Waals surface area (Å²) in [6.07, 6.45) is 3.98. The lowest BCUT2D eigenvalue weighted by atomic mass is 9.90. The van der Waals surface area contributed by atoms with Crippen molar-refractivity contribution in [2.24, 2.45) is 23.7 Å². The summed E-state index contributed by atoms with van der Waals surface area (Å²) in [5.41, 5.74) is 1.61. The lowest BCUT2D eigenvalue weighted by Gasteiger charge is -2.31. The van der Waals surface area contributed by atoms with Crippen molar-refractivity contribution in [1.29, 1.82) is 0 Å². The molecule has 1 rings (SSSR count). The molecule has 0 bridgehead atoms. The van der Waals surface area contributed by atoms with E-state index in [1.165, 1.54) is 6.08 Å². The van der Waals surface area contributed by atoms with E-state index in [0.29, 0.717) is 25.7 Å². The standard InChI is InChI=1S/C29H46N2O7/c1-9-19(6)26-28(36)31-27(20(7)10-2)29(37)38-23(21(8)22(32)15-24(33)30-26)13-17(4)11-16(3)12-18(5)14-25(34)35/h13-14,16,19-21,23,26-27H,9-12,15H2,1-8H3,(H,30,33)(H,31,36)(H,34,35)/b17-13-,18-14+/t16-,19+,20-,21-,23-,26+,27-/m0/s1. The van der Waals surface area contributed by atoms with Gasteiger partial charge in [0.15, 0.2) is 0 Å². The Morgan fingerprint density at radius 2 is 1.53 bits per heavy atom. The molecule has 214 valence electrons. The Hall–Kier alpha value is -2.97. The summed E-state index contributed by atoms with van der Waals surface area (Å²) in [5.74, 6) is -4.10. The number of carbonyl (C=O) groups is 5. The van der Waals surface area contributed by atoms with E-state index in [0.717, 1.165) is 11.1 Å². The summed E-state index contributed by atoms with van der Waals surface area (Å²) in [6.45, 7) is 14.7. The van der Waals surface area contributed by atoms with Gasteiger partial charge in [0, 0.05) is 6.08 Å². The van der Waals surface area contributed by atoms with Gasteiger partial charge in [0.1, 0.15) is 24.0 Å². The molecule has 2 amide bonds. The number of hydrogen-bond acceptors (Lipinski definition) is 6. The lowest BCUT2D eigenvalue weighted by molar-refractivity contribution is -0.156. The molecular formula is C29H46N2O7. The molecule has 38 heavy (non-hydrogen) atoms. The highest BCUT2D eigenvalue weighted by Crippen LogP contribution is 2.23. The average Bonchev–Trinajstić information content (AvgIpc) is 2.82. The Balaban J connectivity index is 3.32. The van der Waals surface area contributed by atoms with Gasteiger partial charge < -0.3 is 20.5 Å². The maximum absolute atomic E-state index is 13.4. The Kier molecular flexibility index (Phi) is 13.4. The molecule has 0 unspecified atom stereocenters. The molecule has 0 aliphatic carbocycles. The highest BCUT2D eigenvalue weighted by molar-refractivity contribution is 6.01. The monoisotopic (exact) mass is 534 g/mol. The molecule has 9 nitrogen and oxygen atoms in total. The van der Waals surface area contributed by atoms with E-state index in [-0.39, 0.29) is 23.5 Å². The molecule has 1 fully saturated rings. The fourth-order valence-corrected chi connectivity index (χ4v) is 4.62. The van der Waals surface area contributed by atoms with Crippen molar-refractivity contribution in [3.63, 3.8) is 0 Å². The Morgan fingerprint density at radius 1 is 0.974 bits per heavy atom. The van der Waals surface area contributed by atoms with Crippen molar-refractivity contribution in [3.05, 3.63) is 23.3 Å². The summed E-state index contributed by atoms with van der Waals surface area (Å²) in [6, 6.07) is -1.80. The van der Waals surface area contributed by atoms with Gasteiger partial charge in [0.2, 0.25) is 11.8 Å². The first kappa shape index (κ1) is 33.1. The number of esters is 1. The van der Waals surface area contributed by atoms with Gasteiger partial charge in [-0.25, -0.2) is 9.59 Å². The van der Waals surface area contributed by atoms with Crippen LogP contribution in [0.25, 0.3) is 0 Å². The SMILES string of the molecule is CC[C@@H](C)[C@H]1NC(=O)CC(=O)[C@H](C)[C@H](/C=C(/C)C[C@H](C)C/C(C)=C/C(=O)O)OC(=O)[C@H]([C@@H](C)CC)NC1=O. The second kappa shape index (κ2) is 15.4. The number of nitrogens with one attached hydrogen (secondary N) is 2. The zero-order valence-corrected chi connectivity index (χ0v) is 24.1. The predicted octanol–water partition coefficient (Wildman–Crippen LogP) is 3.96. The van der Waals surface area contributed by atoms with Crippen LogP contribution in [0.1, 0.15) is 87.5 Å². The van der Waals surface area contributed by atoms with E-state index in [1.54, 1.807) is 19.9 Å². The number of Topliss-reactive ketones (excluding diaryl/α,β-unsaturated/α-hetero) is 1. The van der Waals surface area contributed by atoms with Gasteiger partial charge in [-0.1, -0.05) is 65.5 Å². The Labute approximate surface area is 226 Å². The van der Waals surface area contributed by atoms with E-state index >= 15 is 0 Å². The fourth-order valence-electron chi connectivity index (χ4n) is 4.62. The van der Waals surface area contributed by atoms with Crippen LogP contribution in [-0.4, -0.2) is 52.8 Å². The molecule has 1 heterocycles. The van der Waals surface area contributed by atoms with Crippen LogP contribution in [0, 0.1) is 23.7 Å². The van der Waals surface area contributed by atoms with Crippen LogP contribution in [-0.2, 0) is 28.7 Å². The Bertz CT molecular complexity index is 939. The van der Waals surface area contributed by atoms with Crippen LogP contribution in [0.4, 0.5) is 0 Å². The molecule has 1 aliphatic heterocycles. The van der Waals surface area contributed by atoms with Crippen LogP contribution in [0.3, 0.4) is 0 Å². The van der Waals surface area contributed by atoms with Crippen molar-refractivity contribution in [2.45, 2.75) is 106 Å². The van der Waals surface area contributed by atoms with Crippen molar-refractivity contribution in [3.8, 4) is 0 Å². The molecule has 0 aromatic carbocycles. The highest BCUT2D eigenvalue weighted by atomic mass is 16.5. The van der Waals surface area contributed by atoms with E-state index in [9.17, 15) is 24.0 Å². The minimum Gasteiger partial charge on any atom is -0.478 e. The van der Waals surface area contributed by atoms with Gasteiger partial charge in [-0.2, -0.15) is 0 Å². The summed E-state index contributed by atoms with van der Waals surface area (Å²) in [4.78, 5) is 63.3. The van der Waals surface area contributed by atoms with E-state index < -0.39 is 54.3 Å². The predicted molar refractivity (Wildman–Crippen MR) is 145 cm³/mol. The number of amides is 2. The van der Waals surface area contributed by atoms with Crippen molar-refractivity contribution < 1.29 is 33.8 Å². The number of ketones is 1. The summed E-state index contributed by atoms with van der Waals surface area (Å²) in [5, 5.41) is 14.5. The number of hydrogen-bond donors (Lipinski definition) is 3. The normalized spacial score (nSPS) is 26.7. The van der Waals surface area contributed by atoms with Crippen LogP contribution < -0.4 is 10.6 Å². The fraction of sp³-hybridized carbons (Fsp3) is 0.690. The first-order valence-electron chi connectivity index (χ1n) is 13.6. The van der Waals surface area contributed by atoms with E-state index in [4.69, 9.17) is 9.84 Å². The van der Waals surface area contributed by atoms with E-state index in [1.807, 2.05) is 41.5 Å². The third-order valence-corrected chi connectivity index (χ3v) is 7.32. The highest BCUT2D eigenvalue weighted by Gasteiger charge is 2.37. The number of cyclic esters (lactones) is 1. The molecule has 3 N–H and O–H groups in total. The number of carboxylic acids is 1. The summed E-state index contributed by atoms with van der Waals surface area (Å²) < 4.78 is 5.86. The Morgan fingerprint density at radius 3 is 2.08 bits per heavy atom. The van der Waals surface area contributed by atoms with Gasteiger partial charge in [0.25, 0.3) is 0 Å². The van der Waals surface area contributed by atoms with Gasteiger partial charge in [-0.05, 0) is 50.5 Å². The van der Waals surface area contributed by atoms with Crippen LogP contribution in [0.5, 0.6) is 0 Å². The first-order valence-corrected chi connectivity index (χ1v) is 13.6. The third kappa shape index (κ3) is 10.4. The van der Waals surface area contributed by atoms with Crippen molar-refractivity contribution in [1.82, 2.24) is 10.6 Å². The van der Waals surface area contributed by atoms with Crippen LogP contribution >= 0.6 is 0 Å². The topological polar surface area (TPSA) is 139 Å². The van der Waals surface area contributed by atoms with E-state index in [2.05, 4.69) is 10.6 Å². The first-order chi connectivity index (χ1) is 17.7. The quantitative estimate of drug-likeness (QED) is 0.167. The maximum atomic E-state index is 13.4. The molecular weight excluding hydrogens is 488 g/mol. The number of carbonyl (C=O) groups excluding carboxylic acids is 4. The zero-order valence-electron chi connectivity index (χ0n) is 24.1. The van der Waals surface area contributed by atoms with Crippen molar-refractivity contribution in [2.75, 3.05) is 0 Å². The molecule has 0 aromatic heterocycles. The molecule has 0 aromatic rings. The number of rotatable bonds is 10. The van der Waals surface area contributed by atoms with Crippen LogP contribution in [0.2, 0.25) is 0 Å². The number of allylic oxidation sites excluding steroid dienone is 2.